The third-order valence-corrected chi connectivity index (χ3v) is 8.56. The van der Waals surface area contributed by atoms with Crippen molar-refractivity contribution in [3.8, 4) is 0 Å². The van der Waals surface area contributed by atoms with Crippen LogP contribution in [0.2, 0.25) is 0 Å². The van der Waals surface area contributed by atoms with Crippen molar-refractivity contribution in [2.45, 2.75) is 58.2 Å². The van der Waals surface area contributed by atoms with E-state index in [0.29, 0.717) is 27.1 Å². The number of anilines is 1. The van der Waals surface area contributed by atoms with Gasteiger partial charge in [0.25, 0.3) is 5.91 Å². The van der Waals surface area contributed by atoms with Crippen LogP contribution in [0.4, 0.5) is 5.00 Å². The van der Waals surface area contributed by atoms with E-state index in [0.717, 1.165) is 47.3 Å². The van der Waals surface area contributed by atoms with E-state index in [1.807, 2.05) is 26.0 Å². The van der Waals surface area contributed by atoms with Gasteiger partial charge in [0.2, 0.25) is 5.91 Å². The first-order valence-corrected chi connectivity index (χ1v) is 14.1. The highest BCUT2D eigenvalue weighted by Gasteiger charge is 2.27. The summed E-state index contributed by atoms with van der Waals surface area (Å²) in [6.45, 7) is 6.25. The first-order valence-electron chi connectivity index (χ1n) is 12.3. The van der Waals surface area contributed by atoms with Gasteiger partial charge in [-0.05, 0) is 75.3 Å². The molecule has 0 saturated heterocycles. The molecule has 196 valence electrons. The molecule has 0 bridgehead atoms. The minimum atomic E-state index is -0.384. The zero-order valence-electron chi connectivity index (χ0n) is 21.5. The van der Waals surface area contributed by atoms with Gasteiger partial charge < -0.3 is 19.9 Å². The molecule has 2 amide bonds. The molecular formula is C26H31N5O4S2. The van der Waals surface area contributed by atoms with Gasteiger partial charge in [0.05, 0.1) is 24.5 Å². The van der Waals surface area contributed by atoms with Gasteiger partial charge in [0, 0.05) is 17.5 Å². The molecule has 0 aliphatic heterocycles. The van der Waals surface area contributed by atoms with Crippen molar-refractivity contribution < 1.29 is 19.1 Å². The predicted octanol–water partition coefficient (Wildman–Crippen LogP) is 4.21. The Balaban J connectivity index is 1.35. The lowest BCUT2D eigenvalue weighted by Gasteiger charge is -2.12. The predicted molar refractivity (Wildman–Crippen MR) is 144 cm³/mol. The molecule has 1 aliphatic rings. The third kappa shape index (κ3) is 6.22. The second-order valence-corrected chi connectivity index (χ2v) is 11.0. The Kier molecular flexibility index (Phi) is 8.65. The minimum absolute atomic E-state index is 0.103. The molecule has 0 radical (unpaired) electrons. The second kappa shape index (κ2) is 11.9. The lowest BCUT2D eigenvalue weighted by molar-refractivity contribution is -0.113. The Morgan fingerprint density at radius 2 is 1.92 bits per heavy atom. The van der Waals surface area contributed by atoms with Gasteiger partial charge in [0.1, 0.15) is 5.00 Å². The molecule has 4 rings (SSSR count). The monoisotopic (exact) mass is 541 g/mol. The Bertz CT molecular complexity index is 1330. The fourth-order valence-electron chi connectivity index (χ4n) is 4.13. The van der Waals surface area contributed by atoms with Gasteiger partial charge in [-0.25, -0.2) is 4.79 Å². The molecule has 9 nitrogen and oxygen atoms in total. The molecule has 2 N–H and O–H groups in total. The van der Waals surface area contributed by atoms with Crippen LogP contribution in [0, 0.1) is 13.8 Å². The van der Waals surface area contributed by atoms with Crippen molar-refractivity contribution in [1.29, 1.82) is 0 Å². The Hall–Kier alpha value is -3.18. The number of nitrogens with one attached hydrogen (secondary N) is 2. The molecule has 0 saturated carbocycles. The molecule has 2 aromatic heterocycles. The maximum atomic E-state index is 12.8. The highest BCUT2D eigenvalue weighted by atomic mass is 32.2. The van der Waals surface area contributed by atoms with Crippen LogP contribution < -0.4 is 10.6 Å². The van der Waals surface area contributed by atoms with Crippen LogP contribution in [-0.4, -0.2) is 44.9 Å². The number of hydrogen-bond donors (Lipinski definition) is 2. The molecule has 0 unspecified atom stereocenters. The topological polar surface area (TPSA) is 115 Å². The molecule has 3 aromatic rings. The van der Waals surface area contributed by atoms with Crippen molar-refractivity contribution in [3.05, 3.63) is 56.7 Å². The summed E-state index contributed by atoms with van der Waals surface area (Å²) in [5.41, 5.74) is 4.29. The van der Waals surface area contributed by atoms with Crippen molar-refractivity contribution in [3.63, 3.8) is 0 Å². The number of fused-ring (bicyclic) bond motifs is 1. The number of esters is 1. The van der Waals surface area contributed by atoms with Crippen molar-refractivity contribution in [1.82, 2.24) is 20.1 Å². The number of thiophene rings is 1. The van der Waals surface area contributed by atoms with E-state index >= 15 is 0 Å². The van der Waals surface area contributed by atoms with Crippen molar-refractivity contribution >= 4 is 45.9 Å². The molecule has 1 aliphatic carbocycles. The maximum absolute atomic E-state index is 12.8. The number of aryl methyl sites for hydroxylation is 3. The maximum Gasteiger partial charge on any atom is 0.341 e. The molecule has 37 heavy (non-hydrogen) atoms. The number of carbonyl (C=O) groups excluding carboxylic acids is 3. The summed E-state index contributed by atoms with van der Waals surface area (Å²) in [6.07, 6.45) is 3.85. The largest absolute Gasteiger partial charge is 0.462 e. The number of aromatic nitrogens is 3. The number of hydrogen-bond acceptors (Lipinski definition) is 8. The molecule has 2 heterocycles. The molecule has 11 heteroatoms. The van der Waals surface area contributed by atoms with E-state index in [2.05, 4.69) is 20.8 Å². The molecule has 1 aromatic carbocycles. The SMILES string of the molecule is CCOC(=O)c1c(NC(=O)CSc2nnc(CNC(=O)c3ccc(C)c(C)c3)n2C)sc2c1CCCC2. The standard InChI is InChI=1S/C26H31N5O4S2/c1-5-35-25(34)22-18-8-6-7-9-19(18)37-24(22)28-21(32)14-36-26-30-29-20(31(26)4)13-27-23(33)17-11-10-15(2)16(3)12-17/h10-12H,5-9,13-14H2,1-4H3,(H,27,33)(H,28,32). The number of nitrogens with zero attached hydrogens (tertiary/aromatic N) is 3. The van der Waals surface area contributed by atoms with Crippen molar-refractivity contribution in [2.75, 3.05) is 17.7 Å². The van der Waals surface area contributed by atoms with Gasteiger partial charge in [0.15, 0.2) is 11.0 Å². The van der Waals surface area contributed by atoms with Crippen LogP contribution in [0.15, 0.2) is 23.4 Å². The summed E-state index contributed by atoms with van der Waals surface area (Å²) in [6, 6.07) is 5.58. The van der Waals surface area contributed by atoms with Gasteiger partial charge in [-0.2, -0.15) is 0 Å². The zero-order chi connectivity index (χ0) is 26.5. The quantitative estimate of drug-likeness (QED) is 0.308. The lowest BCUT2D eigenvalue weighted by Crippen LogP contribution is -2.24. The van der Waals surface area contributed by atoms with Crippen LogP contribution in [0.25, 0.3) is 0 Å². The van der Waals surface area contributed by atoms with Crippen LogP contribution in [0.1, 0.15) is 67.9 Å². The number of carbonyl (C=O) groups is 3. The average Bonchev–Trinajstić information content (AvgIpc) is 3.42. The minimum Gasteiger partial charge on any atom is -0.462 e. The second-order valence-electron chi connectivity index (χ2n) is 8.91. The number of ether oxygens (including phenoxy) is 1. The third-order valence-electron chi connectivity index (χ3n) is 6.34. The van der Waals surface area contributed by atoms with Gasteiger partial charge in [-0.3, -0.25) is 9.59 Å². The summed E-state index contributed by atoms with van der Waals surface area (Å²) in [4.78, 5) is 39.1. The van der Waals surface area contributed by atoms with E-state index in [-0.39, 0.29) is 36.7 Å². The van der Waals surface area contributed by atoms with Crippen LogP contribution in [-0.2, 0) is 36.0 Å². The van der Waals surface area contributed by atoms with E-state index in [1.165, 1.54) is 23.1 Å². The number of rotatable bonds is 9. The van der Waals surface area contributed by atoms with E-state index in [4.69, 9.17) is 4.74 Å². The zero-order valence-corrected chi connectivity index (χ0v) is 23.1. The first kappa shape index (κ1) is 26.9. The van der Waals surface area contributed by atoms with Crippen molar-refractivity contribution in [2.24, 2.45) is 7.05 Å². The summed E-state index contributed by atoms with van der Waals surface area (Å²) in [5, 5.41) is 15.2. The van der Waals surface area contributed by atoms with Crippen LogP contribution >= 0.6 is 23.1 Å². The highest BCUT2D eigenvalue weighted by Crippen LogP contribution is 2.38. The number of benzene rings is 1. The normalized spacial score (nSPS) is 12.6. The highest BCUT2D eigenvalue weighted by molar-refractivity contribution is 7.99. The number of amides is 2. The number of thioether (sulfide) groups is 1. The summed E-state index contributed by atoms with van der Waals surface area (Å²) < 4.78 is 7.02. The average molecular weight is 542 g/mol. The molecule has 0 spiro atoms. The van der Waals surface area contributed by atoms with Crippen LogP contribution in [0.5, 0.6) is 0 Å². The van der Waals surface area contributed by atoms with Gasteiger partial charge in [-0.15, -0.1) is 21.5 Å². The molecule has 0 fully saturated rings. The lowest BCUT2D eigenvalue weighted by atomic mass is 9.95. The van der Waals surface area contributed by atoms with E-state index in [1.54, 1.807) is 24.6 Å². The van der Waals surface area contributed by atoms with E-state index in [9.17, 15) is 14.4 Å². The Morgan fingerprint density at radius 3 is 2.68 bits per heavy atom. The van der Waals surface area contributed by atoms with Crippen LogP contribution in [0.3, 0.4) is 0 Å². The summed E-state index contributed by atoms with van der Waals surface area (Å²) in [5.74, 6) is -0.120. The van der Waals surface area contributed by atoms with Gasteiger partial charge in [-0.1, -0.05) is 17.8 Å². The summed E-state index contributed by atoms with van der Waals surface area (Å²) in [7, 11) is 1.80. The Labute approximate surface area is 224 Å². The summed E-state index contributed by atoms with van der Waals surface area (Å²) >= 11 is 2.71. The van der Waals surface area contributed by atoms with E-state index < -0.39 is 0 Å². The molecule has 0 atom stereocenters. The fourth-order valence-corrected chi connectivity index (χ4v) is 6.16. The smallest absolute Gasteiger partial charge is 0.341 e. The molecular weight excluding hydrogens is 510 g/mol. The fraction of sp³-hybridized carbons (Fsp3) is 0.423. The van der Waals surface area contributed by atoms with Gasteiger partial charge >= 0.3 is 5.97 Å². The first-order chi connectivity index (χ1) is 17.8. The Morgan fingerprint density at radius 1 is 1.14 bits per heavy atom.